The lowest BCUT2D eigenvalue weighted by Crippen LogP contribution is -2.60. The van der Waals surface area contributed by atoms with Gasteiger partial charge in [0.15, 0.2) is 6.29 Å². The van der Waals surface area contributed by atoms with Crippen molar-refractivity contribution >= 4 is 16.4 Å². The standard InChI is InChI=1S/C49H82O12S/c1-3-5-7-9-11-13-15-17-18-19-20-21-22-23-24-25-26-27-28-30-32-34-36-38-45(51)59-43(41-57-39-37-35-33-31-29-16-14-12-10-8-6-4-2)42-58-49-47(53)48(61-62(54,55)56)46(52)44(40-50)60-49/h5,7,11,13,17-18,20-21,23-24,26-27,30,32,43-44,46-50,52-53H,3-4,6,8-10,12,14-16,19,22,25,28-29,31,33-42H2,1-2H3,(H,54,55,56)/b7-5-,13-11-,18-17-,21-20-,24-23-,27-26-,32-30-. The molecule has 0 saturated carbocycles. The average Bonchev–Trinajstić information content (AvgIpc) is 3.24. The van der Waals surface area contributed by atoms with E-state index in [0.717, 1.165) is 64.2 Å². The SMILES string of the molecule is CC/C=C\C/C=C\C/C=C\C/C=C\C/C=C\C/C=C\C/C=C\CCCC(=O)OC(COCCCCCCCCCCCCCC)COC1OC(CO)C(O)C(OS(=O)(=O)O)C1O. The van der Waals surface area contributed by atoms with Crippen molar-refractivity contribution in [3.05, 3.63) is 85.1 Å². The van der Waals surface area contributed by atoms with Gasteiger partial charge in [-0.15, -0.1) is 0 Å². The Hall–Kier alpha value is -2.72. The molecule has 1 saturated heterocycles. The van der Waals surface area contributed by atoms with Gasteiger partial charge in [0.25, 0.3) is 0 Å². The molecule has 0 bridgehead atoms. The first-order chi connectivity index (χ1) is 30.1. The third-order valence-electron chi connectivity index (χ3n) is 10.0. The molecule has 0 amide bonds. The van der Waals surface area contributed by atoms with Gasteiger partial charge in [0.2, 0.25) is 0 Å². The number of ether oxygens (including phenoxy) is 4. The predicted octanol–water partition coefficient (Wildman–Crippen LogP) is 10.1. The molecule has 0 aromatic rings. The summed E-state index contributed by atoms with van der Waals surface area (Å²) in [5, 5.41) is 30.7. The Labute approximate surface area is 374 Å². The van der Waals surface area contributed by atoms with Crippen LogP contribution in [0.25, 0.3) is 0 Å². The lowest BCUT2D eigenvalue weighted by Gasteiger charge is -2.41. The van der Waals surface area contributed by atoms with E-state index in [0.29, 0.717) is 19.4 Å². The summed E-state index contributed by atoms with van der Waals surface area (Å²) in [7, 11) is -5.07. The van der Waals surface area contributed by atoms with Crippen LogP contribution in [0.2, 0.25) is 0 Å². The summed E-state index contributed by atoms with van der Waals surface area (Å²) in [5.74, 6) is -0.459. The lowest BCUT2D eigenvalue weighted by molar-refractivity contribution is -0.301. The Morgan fingerprint density at radius 1 is 0.629 bits per heavy atom. The third-order valence-corrected chi connectivity index (χ3v) is 10.5. The van der Waals surface area contributed by atoms with Gasteiger partial charge >= 0.3 is 16.4 Å². The monoisotopic (exact) mass is 895 g/mol. The summed E-state index contributed by atoms with van der Waals surface area (Å²) in [6, 6.07) is 0. The first kappa shape index (κ1) is 57.3. The van der Waals surface area contributed by atoms with Crippen molar-refractivity contribution in [1.29, 1.82) is 0 Å². The summed E-state index contributed by atoms with van der Waals surface area (Å²) in [4.78, 5) is 12.8. The van der Waals surface area contributed by atoms with Crippen LogP contribution in [0.4, 0.5) is 0 Å². The highest BCUT2D eigenvalue weighted by Gasteiger charge is 2.48. The maximum absolute atomic E-state index is 12.8. The molecule has 12 nitrogen and oxygen atoms in total. The fraction of sp³-hybridized carbons (Fsp3) is 0.694. The predicted molar refractivity (Wildman–Crippen MR) is 248 cm³/mol. The molecule has 1 heterocycles. The number of carbonyl (C=O) groups is 1. The topological polar surface area (TPSA) is 178 Å². The van der Waals surface area contributed by atoms with Crippen LogP contribution in [0.5, 0.6) is 0 Å². The summed E-state index contributed by atoms with van der Waals surface area (Å²) in [6.07, 6.45) is 43.4. The van der Waals surface area contributed by atoms with Crippen molar-refractivity contribution in [1.82, 2.24) is 0 Å². The number of carbonyl (C=O) groups excluding carboxylic acids is 1. The van der Waals surface area contributed by atoms with Gasteiger partial charge in [0.1, 0.15) is 30.5 Å². The summed E-state index contributed by atoms with van der Waals surface area (Å²) < 4.78 is 59.0. The maximum atomic E-state index is 12.8. The Morgan fingerprint density at radius 2 is 1.10 bits per heavy atom. The molecule has 0 radical (unpaired) electrons. The van der Waals surface area contributed by atoms with Crippen LogP contribution in [0.1, 0.15) is 155 Å². The van der Waals surface area contributed by atoms with Gasteiger partial charge in [-0.05, 0) is 64.2 Å². The fourth-order valence-corrected chi connectivity index (χ4v) is 7.05. The number of unbranched alkanes of at least 4 members (excludes halogenated alkanes) is 12. The molecule has 1 rings (SSSR count). The van der Waals surface area contributed by atoms with E-state index >= 15 is 0 Å². The van der Waals surface area contributed by atoms with Gasteiger partial charge in [0.05, 0.1) is 19.8 Å². The van der Waals surface area contributed by atoms with Crippen molar-refractivity contribution in [2.24, 2.45) is 0 Å². The van der Waals surface area contributed by atoms with Crippen molar-refractivity contribution in [2.75, 3.05) is 26.4 Å². The van der Waals surface area contributed by atoms with Crippen molar-refractivity contribution in [3.63, 3.8) is 0 Å². The number of rotatable bonds is 39. The molecule has 1 aliphatic rings. The number of hydrogen-bond donors (Lipinski definition) is 4. The minimum absolute atomic E-state index is 0.00937. The molecule has 13 heteroatoms. The molecular weight excluding hydrogens is 813 g/mol. The molecule has 1 aliphatic heterocycles. The van der Waals surface area contributed by atoms with Crippen LogP contribution in [0, 0.1) is 0 Å². The first-order valence-corrected chi connectivity index (χ1v) is 24.7. The summed E-state index contributed by atoms with van der Waals surface area (Å²) in [5.41, 5.74) is 0. The molecule has 6 atom stereocenters. The third kappa shape index (κ3) is 32.9. The minimum atomic E-state index is -5.07. The molecule has 6 unspecified atom stereocenters. The molecule has 0 aromatic heterocycles. The van der Waals surface area contributed by atoms with Crippen LogP contribution < -0.4 is 0 Å². The molecule has 356 valence electrons. The molecule has 62 heavy (non-hydrogen) atoms. The van der Waals surface area contributed by atoms with E-state index in [4.69, 9.17) is 23.5 Å². The minimum Gasteiger partial charge on any atom is -0.457 e. The highest BCUT2D eigenvalue weighted by atomic mass is 32.3. The lowest BCUT2D eigenvalue weighted by atomic mass is 9.99. The number of hydrogen-bond acceptors (Lipinski definition) is 11. The zero-order chi connectivity index (χ0) is 45.4. The van der Waals surface area contributed by atoms with Crippen LogP contribution >= 0.6 is 0 Å². The molecule has 0 aromatic carbocycles. The van der Waals surface area contributed by atoms with Crippen molar-refractivity contribution < 1.29 is 56.2 Å². The van der Waals surface area contributed by atoms with Gasteiger partial charge < -0.3 is 34.3 Å². The van der Waals surface area contributed by atoms with Gasteiger partial charge in [-0.2, -0.15) is 8.42 Å². The fourth-order valence-electron chi connectivity index (χ4n) is 6.54. The molecule has 1 fully saturated rings. The molecule has 0 aliphatic carbocycles. The maximum Gasteiger partial charge on any atom is 0.397 e. The second-order valence-electron chi connectivity index (χ2n) is 15.6. The van der Waals surface area contributed by atoms with E-state index in [9.17, 15) is 28.5 Å². The Kier molecular flexibility index (Phi) is 36.8. The normalized spacial score (nSPS) is 20.8. The number of aliphatic hydroxyl groups excluding tert-OH is 3. The van der Waals surface area contributed by atoms with E-state index in [1.165, 1.54) is 57.8 Å². The number of esters is 1. The van der Waals surface area contributed by atoms with Crippen LogP contribution in [-0.4, -0.2) is 97.5 Å². The van der Waals surface area contributed by atoms with Crippen LogP contribution in [0.3, 0.4) is 0 Å². The van der Waals surface area contributed by atoms with Gasteiger partial charge in [0, 0.05) is 13.0 Å². The van der Waals surface area contributed by atoms with Gasteiger partial charge in [-0.3, -0.25) is 9.35 Å². The first-order valence-electron chi connectivity index (χ1n) is 23.3. The van der Waals surface area contributed by atoms with Crippen LogP contribution in [-0.2, 0) is 38.3 Å². The second-order valence-corrected chi connectivity index (χ2v) is 16.7. The smallest absolute Gasteiger partial charge is 0.397 e. The second kappa shape index (κ2) is 39.8. The largest absolute Gasteiger partial charge is 0.457 e. The zero-order valence-electron chi connectivity index (χ0n) is 37.9. The van der Waals surface area contributed by atoms with E-state index in [1.807, 2.05) is 6.08 Å². The van der Waals surface area contributed by atoms with E-state index < -0.39 is 59.8 Å². The van der Waals surface area contributed by atoms with E-state index in [2.05, 4.69) is 97.0 Å². The van der Waals surface area contributed by atoms with Gasteiger partial charge in [-0.25, -0.2) is 4.18 Å². The van der Waals surface area contributed by atoms with Crippen LogP contribution in [0.15, 0.2) is 85.1 Å². The Morgan fingerprint density at radius 3 is 1.56 bits per heavy atom. The van der Waals surface area contributed by atoms with Gasteiger partial charge in [-0.1, -0.05) is 170 Å². The number of allylic oxidation sites excluding steroid dienone is 14. The quantitative estimate of drug-likeness (QED) is 0.0199. The summed E-state index contributed by atoms with van der Waals surface area (Å²) >= 11 is 0. The average molecular weight is 895 g/mol. The van der Waals surface area contributed by atoms with E-state index in [1.54, 1.807) is 0 Å². The summed E-state index contributed by atoms with van der Waals surface area (Å²) in [6.45, 7) is 3.78. The van der Waals surface area contributed by atoms with Crippen molar-refractivity contribution in [2.45, 2.75) is 192 Å². The van der Waals surface area contributed by atoms with Crippen molar-refractivity contribution in [3.8, 4) is 0 Å². The van der Waals surface area contributed by atoms with E-state index in [-0.39, 0.29) is 19.6 Å². The highest BCUT2D eigenvalue weighted by Crippen LogP contribution is 2.26. The number of aliphatic hydroxyl groups is 3. The Balaban J connectivity index is 2.45. The molecular formula is C49H82O12S. The highest BCUT2D eigenvalue weighted by molar-refractivity contribution is 7.80. The zero-order valence-corrected chi connectivity index (χ0v) is 38.7. The molecule has 0 spiro atoms. The Bertz CT molecular complexity index is 1400. The molecule has 4 N–H and O–H groups in total.